The van der Waals surface area contributed by atoms with E-state index in [1.54, 1.807) is 0 Å². The third-order valence-electron chi connectivity index (χ3n) is 3.58. The standard InChI is InChI=1S/C12H20N4O2/c1-3-13-12-15-14-10(16(12)4-2)8-5-6-9(7-8)11(17)18/h8-9H,3-7H2,1-2H3,(H,13,15)(H,17,18). The molecule has 2 N–H and O–H groups in total. The van der Waals surface area contributed by atoms with E-state index in [-0.39, 0.29) is 11.8 Å². The van der Waals surface area contributed by atoms with Crippen molar-refractivity contribution in [1.82, 2.24) is 14.8 Å². The van der Waals surface area contributed by atoms with Crippen LogP contribution in [-0.4, -0.2) is 32.4 Å². The Hall–Kier alpha value is -1.59. The predicted molar refractivity (Wildman–Crippen MR) is 67.6 cm³/mol. The highest BCUT2D eigenvalue weighted by atomic mass is 16.4. The second-order valence-corrected chi connectivity index (χ2v) is 4.70. The smallest absolute Gasteiger partial charge is 0.306 e. The van der Waals surface area contributed by atoms with E-state index in [1.165, 1.54) is 0 Å². The van der Waals surface area contributed by atoms with Crippen LogP contribution >= 0.6 is 0 Å². The van der Waals surface area contributed by atoms with E-state index in [4.69, 9.17) is 5.11 Å². The summed E-state index contributed by atoms with van der Waals surface area (Å²) in [6, 6.07) is 0. The number of hydrogen-bond donors (Lipinski definition) is 2. The van der Waals surface area contributed by atoms with Crippen molar-refractivity contribution in [3.63, 3.8) is 0 Å². The molecule has 2 rings (SSSR count). The van der Waals surface area contributed by atoms with Crippen LogP contribution in [-0.2, 0) is 11.3 Å². The Morgan fingerprint density at radius 1 is 1.44 bits per heavy atom. The third kappa shape index (κ3) is 2.32. The number of carbonyl (C=O) groups is 1. The van der Waals surface area contributed by atoms with Gasteiger partial charge in [0.15, 0.2) is 0 Å². The maximum Gasteiger partial charge on any atom is 0.306 e. The maximum absolute atomic E-state index is 11.0. The molecule has 1 aliphatic carbocycles. The number of aliphatic carboxylic acids is 1. The summed E-state index contributed by atoms with van der Waals surface area (Å²) in [6.07, 6.45) is 2.31. The molecule has 2 unspecified atom stereocenters. The molecule has 1 saturated carbocycles. The van der Waals surface area contributed by atoms with Gasteiger partial charge in [0, 0.05) is 19.0 Å². The number of aromatic nitrogens is 3. The highest BCUT2D eigenvalue weighted by Gasteiger charge is 2.33. The molecule has 0 radical (unpaired) electrons. The van der Waals surface area contributed by atoms with Crippen LogP contribution in [0.1, 0.15) is 44.9 Å². The first-order chi connectivity index (χ1) is 8.67. The first-order valence-corrected chi connectivity index (χ1v) is 6.57. The number of anilines is 1. The van der Waals surface area contributed by atoms with Gasteiger partial charge < -0.3 is 10.4 Å². The van der Waals surface area contributed by atoms with Crippen molar-refractivity contribution in [3.8, 4) is 0 Å². The minimum atomic E-state index is -0.688. The normalized spacial score (nSPS) is 23.2. The summed E-state index contributed by atoms with van der Waals surface area (Å²) >= 11 is 0. The van der Waals surface area contributed by atoms with Crippen molar-refractivity contribution in [2.24, 2.45) is 5.92 Å². The highest BCUT2D eigenvalue weighted by molar-refractivity contribution is 5.70. The van der Waals surface area contributed by atoms with Gasteiger partial charge in [0.25, 0.3) is 0 Å². The van der Waals surface area contributed by atoms with Crippen molar-refractivity contribution in [1.29, 1.82) is 0 Å². The van der Waals surface area contributed by atoms with Gasteiger partial charge in [0.1, 0.15) is 5.82 Å². The van der Waals surface area contributed by atoms with Gasteiger partial charge in [0.05, 0.1) is 5.92 Å². The Labute approximate surface area is 106 Å². The lowest BCUT2D eigenvalue weighted by atomic mass is 10.0. The van der Waals surface area contributed by atoms with Crippen LogP contribution in [0.4, 0.5) is 5.95 Å². The van der Waals surface area contributed by atoms with Crippen LogP contribution in [0.5, 0.6) is 0 Å². The van der Waals surface area contributed by atoms with Crippen LogP contribution in [0.3, 0.4) is 0 Å². The van der Waals surface area contributed by atoms with E-state index >= 15 is 0 Å². The molecular weight excluding hydrogens is 232 g/mol. The quantitative estimate of drug-likeness (QED) is 0.833. The minimum Gasteiger partial charge on any atom is -0.481 e. The van der Waals surface area contributed by atoms with Crippen LogP contribution in [0.25, 0.3) is 0 Å². The summed E-state index contributed by atoms with van der Waals surface area (Å²) in [4.78, 5) is 11.0. The van der Waals surface area contributed by atoms with Crippen LogP contribution in [0.15, 0.2) is 0 Å². The van der Waals surface area contributed by atoms with Crippen LogP contribution < -0.4 is 5.32 Å². The summed E-state index contributed by atoms with van der Waals surface area (Å²) in [6.45, 7) is 5.68. The Bertz CT molecular complexity index is 430. The number of carboxylic acid groups (broad SMARTS) is 1. The first-order valence-electron chi connectivity index (χ1n) is 6.57. The minimum absolute atomic E-state index is 0.223. The zero-order chi connectivity index (χ0) is 13.1. The second-order valence-electron chi connectivity index (χ2n) is 4.70. The fraction of sp³-hybridized carbons (Fsp3) is 0.750. The molecule has 0 aliphatic heterocycles. The molecule has 1 aromatic heterocycles. The summed E-state index contributed by atoms with van der Waals surface area (Å²) in [5.74, 6) is 1.03. The molecular formula is C12H20N4O2. The van der Waals surface area contributed by atoms with Gasteiger partial charge in [0.2, 0.25) is 5.95 Å². The molecule has 1 fully saturated rings. The summed E-state index contributed by atoms with van der Waals surface area (Å²) < 4.78 is 2.05. The maximum atomic E-state index is 11.0. The number of rotatable bonds is 5. The van der Waals surface area contributed by atoms with Gasteiger partial charge in [-0.25, -0.2) is 0 Å². The Morgan fingerprint density at radius 2 is 2.22 bits per heavy atom. The summed E-state index contributed by atoms with van der Waals surface area (Å²) in [7, 11) is 0. The molecule has 0 amide bonds. The molecule has 6 nitrogen and oxygen atoms in total. The molecule has 0 aromatic carbocycles. The van der Waals surface area contributed by atoms with Gasteiger partial charge in [-0.3, -0.25) is 9.36 Å². The molecule has 0 saturated heterocycles. The fourth-order valence-electron chi connectivity index (χ4n) is 2.66. The van der Waals surface area contributed by atoms with Crippen molar-refractivity contribution >= 4 is 11.9 Å². The second kappa shape index (κ2) is 5.37. The topological polar surface area (TPSA) is 80.0 Å². The molecule has 1 aliphatic rings. The third-order valence-corrected chi connectivity index (χ3v) is 3.58. The Morgan fingerprint density at radius 3 is 2.78 bits per heavy atom. The summed E-state index contributed by atoms with van der Waals surface area (Å²) in [5, 5.41) is 20.6. The average Bonchev–Trinajstić information content (AvgIpc) is 2.94. The van der Waals surface area contributed by atoms with E-state index in [0.29, 0.717) is 6.42 Å². The molecule has 0 spiro atoms. The van der Waals surface area contributed by atoms with Gasteiger partial charge in [-0.2, -0.15) is 0 Å². The van der Waals surface area contributed by atoms with Crippen LogP contribution in [0.2, 0.25) is 0 Å². The van der Waals surface area contributed by atoms with E-state index in [9.17, 15) is 4.79 Å². The summed E-state index contributed by atoms with van der Waals surface area (Å²) in [5.41, 5.74) is 0. The van der Waals surface area contributed by atoms with Gasteiger partial charge in [-0.15, -0.1) is 10.2 Å². The molecule has 18 heavy (non-hydrogen) atoms. The van der Waals surface area contributed by atoms with E-state index in [2.05, 4.69) is 27.0 Å². The predicted octanol–water partition coefficient (Wildman–Crippen LogP) is 1.70. The lowest BCUT2D eigenvalue weighted by Crippen LogP contribution is -2.12. The Balaban J connectivity index is 2.16. The molecule has 1 heterocycles. The largest absolute Gasteiger partial charge is 0.481 e. The highest BCUT2D eigenvalue weighted by Crippen LogP contribution is 2.38. The lowest BCUT2D eigenvalue weighted by molar-refractivity contribution is -0.141. The first kappa shape index (κ1) is 12.9. The van der Waals surface area contributed by atoms with E-state index in [0.717, 1.165) is 37.7 Å². The monoisotopic (exact) mass is 252 g/mol. The Kier molecular flexibility index (Phi) is 3.84. The molecule has 1 aromatic rings. The fourth-order valence-corrected chi connectivity index (χ4v) is 2.66. The van der Waals surface area contributed by atoms with Crippen LogP contribution in [0, 0.1) is 5.92 Å². The number of carboxylic acids is 1. The van der Waals surface area contributed by atoms with Crippen molar-refractivity contribution in [2.75, 3.05) is 11.9 Å². The van der Waals surface area contributed by atoms with E-state index < -0.39 is 5.97 Å². The van der Waals surface area contributed by atoms with Crippen molar-refractivity contribution in [2.45, 2.75) is 45.6 Å². The number of hydrogen-bond acceptors (Lipinski definition) is 4. The molecule has 6 heteroatoms. The van der Waals surface area contributed by atoms with Crippen molar-refractivity contribution < 1.29 is 9.90 Å². The molecule has 0 bridgehead atoms. The van der Waals surface area contributed by atoms with Gasteiger partial charge in [-0.05, 0) is 33.1 Å². The molecule has 2 atom stereocenters. The number of nitrogens with zero attached hydrogens (tertiary/aromatic N) is 3. The van der Waals surface area contributed by atoms with Crippen molar-refractivity contribution in [3.05, 3.63) is 5.82 Å². The van der Waals surface area contributed by atoms with Gasteiger partial charge in [-0.1, -0.05) is 0 Å². The zero-order valence-corrected chi connectivity index (χ0v) is 10.9. The lowest BCUT2D eigenvalue weighted by Gasteiger charge is -2.12. The SMILES string of the molecule is CCNc1nnc(C2CCC(C(=O)O)C2)n1CC. The van der Waals surface area contributed by atoms with E-state index in [1.807, 2.05) is 6.92 Å². The van der Waals surface area contributed by atoms with Gasteiger partial charge >= 0.3 is 5.97 Å². The zero-order valence-electron chi connectivity index (χ0n) is 10.9. The average molecular weight is 252 g/mol. The number of nitrogens with one attached hydrogen (secondary N) is 1. The molecule has 100 valence electrons.